The number of carboxylic acid groups (broad SMARTS) is 1. The number of carbonyl (C=O) groups excluding carboxylic acids is 3. The van der Waals surface area contributed by atoms with Crippen molar-refractivity contribution < 1.29 is 19.5 Å². The minimum Gasteiger partial charge on any atom is -0.548 e. The first kappa shape index (κ1) is 18.6. The van der Waals surface area contributed by atoms with Crippen LogP contribution in [0.5, 0.6) is 0 Å². The number of carbonyl (C=O) groups is 3. The number of rotatable bonds is 6. The number of hydrogen-bond donors (Lipinski definition) is 1. The van der Waals surface area contributed by atoms with Crippen molar-refractivity contribution in [2.24, 2.45) is 5.92 Å². The Kier molecular flexibility index (Phi) is 5.26. The first-order chi connectivity index (χ1) is 12.9. The summed E-state index contributed by atoms with van der Waals surface area (Å²) in [5, 5.41) is 13.8. The summed E-state index contributed by atoms with van der Waals surface area (Å²) in [6, 6.07) is 13.2. The van der Waals surface area contributed by atoms with Crippen LogP contribution in [0, 0.1) is 5.92 Å². The summed E-state index contributed by atoms with van der Waals surface area (Å²) in [5.41, 5.74) is 1.99. The van der Waals surface area contributed by atoms with E-state index in [-0.39, 0.29) is 23.8 Å². The van der Waals surface area contributed by atoms with Crippen molar-refractivity contribution in [2.45, 2.75) is 32.9 Å². The Bertz CT molecular complexity index is 877. The van der Waals surface area contributed by atoms with Gasteiger partial charge in [-0.25, -0.2) is 0 Å². The van der Waals surface area contributed by atoms with Crippen LogP contribution in [-0.4, -0.2) is 23.8 Å². The van der Waals surface area contributed by atoms with Gasteiger partial charge in [0, 0.05) is 5.69 Å². The van der Waals surface area contributed by atoms with E-state index in [2.05, 4.69) is 5.32 Å². The molecular formula is C21H21N2O4-. The maximum absolute atomic E-state index is 12.9. The van der Waals surface area contributed by atoms with Gasteiger partial charge in [0.2, 0.25) is 0 Å². The van der Waals surface area contributed by atoms with Gasteiger partial charge in [0.05, 0.1) is 29.7 Å². The van der Waals surface area contributed by atoms with Gasteiger partial charge in [-0.3, -0.25) is 9.59 Å². The van der Waals surface area contributed by atoms with Gasteiger partial charge in [0.25, 0.3) is 11.8 Å². The molecule has 0 spiro atoms. The molecule has 0 aliphatic carbocycles. The highest BCUT2D eigenvalue weighted by Gasteiger charge is 2.33. The molecule has 140 valence electrons. The Morgan fingerprint density at radius 2 is 1.81 bits per heavy atom. The lowest BCUT2D eigenvalue weighted by Gasteiger charge is -2.22. The van der Waals surface area contributed by atoms with Crippen LogP contribution in [0.4, 0.5) is 5.69 Å². The van der Waals surface area contributed by atoms with Gasteiger partial charge in [0.15, 0.2) is 0 Å². The van der Waals surface area contributed by atoms with Crippen molar-refractivity contribution in [3.05, 3.63) is 65.2 Å². The predicted molar refractivity (Wildman–Crippen MR) is 99.1 cm³/mol. The van der Waals surface area contributed by atoms with E-state index in [1.54, 1.807) is 23.1 Å². The molecular weight excluding hydrogens is 344 g/mol. The first-order valence-corrected chi connectivity index (χ1v) is 8.89. The van der Waals surface area contributed by atoms with E-state index in [1.807, 2.05) is 44.2 Å². The van der Waals surface area contributed by atoms with Crippen molar-refractivity contribution in [1.82, 2.24) is 5.32 Å². The van der Waals surface area contributed by atoms with Gasteiger partial charge in [-0.1, -0.05) is 44.2 Å². The van der Waals surface area contributed by atoms with Crippen LogP contribution in [0.3, 0.4) is 0 Å². The van der Waals surface area contributed by atoms with Gasteiger partial charge in [-0.2, -0.15) is 0 Å². The average molecular weight is 365 g/mol. The minimum absolute atomic E-state index is 0.0740. The van der Waals surface area contributed by atoms with Gasteiger partial charge >= 0.3 is 0 Å². The van der Waals surface area contributed by atoms with Crippen molar-refractivity contribution in [3.63, 3.8) is 0 Å². The molecule has 2 amide bonds. The van der Waals surface area contributed by atoms with Crippen molar-refractivity contribution in [2.75, 3.05) is 4.90 Å². The lowest BCUT2D eigenvalue weighted by Crippen LogP contribution is -2.48. The van der Waals surface area contributed by atoms with E-state index in [4.69, 9.17) is 0 Å². The van der Waals surface area contributed by atoms with E-state index in [0.717, 1.165) is 11.3 Å². The number of aliphatic carboxylic acids is 1. The summed E-state index contributed by atoms with van der Waals surface area (Å²) in [4.78, 5) is 38.6. The Labute approximate surface area is 157 Å². The largest absolute Gasteiger partial charge is 0.548 e. The molecule has 0 saturated carbocycles. The minimum atomic E-state index is -1.33. The van der Waals surface area contributed by atoms with Crippen LogP contribution in [0.2, 0.25) is 0 Å². The molecule has 0 bridgehead atoms. The number of benzene rings is 2. The quantitative estimate of drug-likeness (QED) is 0.844. The third-order valence-electron chi connectivity index (χ3n) is 4.55. The number of hydrogen-bond acceptors (Lipinski definition) is 4. The van der Waals surface area contributed by atoms with E-state index in [0.29, 0.717) is 12.1 Å². The summed E-state index contributed by atoms with van der Waals surface area (Å²) in [5.74, 6) is -2.10. The third kappa shape index (κ3) is 3.84. The molecule has 0 fully saturated rings. The zero-order valence-electron chi connectivity index (χ0n) is 15.3. The second-order valence-electron chi connectivity index (χ2n) is 7.04. The lowest BCUT2D eigenvalue weighted by molar-refractivity contribution is -0.308. The van der Waals surface area contributed by atoms with Crippen molar-refractivity contribution in [1.29, 1.82) is 0 Å². The molecule has 0 unspecified atom stereocenters. The highest BCUT2D eigenvalue weighted by molar-refractivity contribution is 6.16. The van der Waals surface area contributed by atoms with Crippen molar-refractivity contribution in [3.8, 4) is 0 Å². The van der Waals surface area contributed by atoms with Gasteiger partial charge < -0.3 is 20.1 Å². The number of anilines is 1. The topological polar surface area (TPSA) is 89.5 Å². The van der Waals surface area contributed by atoms with Crippen LogP contribution < -0.4 is 15.3 Å². The summed E-state index contributed by atoms with van der Waals surface area (Å²) in [6.45, 7) is 4.10. The smallest absolute Gasteiger partial charge is 0.259 e. The fraction of sp³-hybridized carbons (Fsp3) is 0.286. The maximum Gasteiger partial charge on any atom is 0.259 e. The predicted octanol–water partition coefficient (Wildman–Crippen LogP) is 1.74. The average Bonchev–Trinajstić information content (AvgIpc) is 2.98. The van der Waals surface area contributed by atoms with E-state index < -0.39 is 17.9 Å². The Balaban J connectivity index is 1.88. The normalized spacial score (nSPS) is 14.2. The van der Waals surface area contributed by atoms with Crippen LogP contribution in [0.1, 0.15) is 46.5 Å². The summed E-state index contributed by atoms with van der Waals surface area (Å²) >= 11 is 0. The number of carboxylic acids is 1. The molecule has 1 N–H and O–H groups in total. The molecule has 1 heterocycles. The Morgan fingerprint density at radius 3 is 2.44 bits per heavy atom. The molecule has 6 heteroatoms. The van der Waals surface area contributed by atoms with E-state index in [9.17, 15) is 19.5 Å². The molecule has 2 aromatic rings. The SMILES string of the molecule is CC(C)C[C@H](NC(=O)c1cccc2c1C(=O)N(c1ccccc1)C2)C(=O)[O-]. The summed E-state index contributed by atoms with van der Waals surface area (Å²) in [6.07, 6.45) is 0.257. The molecule has 3 rings (SSSR count). The summed E-state index contributed by atoms with van der Waals surface area (Å²) < 4.78 is 0. The van der Waals surface area contributed by atoms with Gasteiger partial charge in [0.1, 0.15) is 0 Å². The van der Waals surface area contributed by atoms with Crippen LogP contribution in [-0.2, 0) is 11.3 Å². The number of nitrogens with zero attached hydrogens (tertiary/aromatic N) is 1. The molecule has 2 aromatic carbocycles. The number of fused-ring (bicyclic) bond motifs is 1. The molecule has 0 aromatic heterocycles. The Morgan fingerprint density at radius 1 is 1.11 bits per heavy atom. The molecule has 1 aliphatic heterocycles. The zero-order chi connectivity index (χ0) is 19.6. The van der Waals surface area contributed by atoms with Crippen LogP contribution in [0.15, 0.2) is 48.5 Å². The molecule has 0 saturated heterocycles. The van der Waals surface area contributed by atoms with Crippen LogP contribution in [0.25, 0.3) is 0 Å². The second kappa shape index (κ2) is 7.61. The monoisotopic (exact) mass is 365 g/mol. The second-order valence-corrected chi connectivity index (χ2v) is 7.04. The zero-order valence-corrected chi connectivity index (χ0v) is 15.3. The highest BCUT2D eigenvalue weighted by atomic mass is 16.4. The molecule has 0 radical (unpaired) electrons. The maximum atomic E-state index is 12.9. The molecule has 27 heavy (non-hydrogen) atoms. The van der Waals surface area contributed by atoms with Gasteiger partial charge in [-0.15, -0.1) is 0 Å². The van der Waals surface area contributed by atoms with E-state index in [1.165, 1.54) is 0 Å². The number of para-hydroxylation sites is 1. The lowest BCUT2D eigenvalue weighted by atomic mass is 10.0. The summed E-state index contributed by atoms with van der Waals surface area (Å²) in [7, 11) is 0. The Hall–Kier alpha value is -3.15. The first-order valence-electron chi connectivity index (χ1n) is 8.89. The van der Waals surface area contributed by atoms with Crippen molar-refractivity contribution >= 4 is 23.5 Å². The molecule has 6 nitrogen and oxygen atoms in total. The fourth-order valence-electron chi connectivity index (χ4n) is 3.29. The molecule has 1 aliphatic rings. The standard InChI is InChI=1S/C21H22N2O4/c1-13(2)11-17(21(26)27)22-19(24)16-10-6-7-14-12-23(20(25)18(14)16)15-8-4-3-5-9-15/h3-10,13,17H,11-12H2,1-2H3,(H,22,24)(H,26,27)/p-1/t17-/m0/s1. The van der Waals surface area contributed by atoms with Crippen LogP contribution >= 0.6 is 0 Å². The highest BCUT2D eigenvalue weighted by Crippen LogP contribution is 2.30. The fourth-order valence-corrected chi connectivity index (χ4v) is 3.29. The number of nitrogens with one attached hydrogen (secondary N) is 1. The third-order valence-corrected chi connectivity index (χ3v) is 4.55. The number of amides is 2. The molecule has 1 atom stereocenters. The van der Waals surface area contributed by atoms with Gasteiger partial charge in [-0.05, 0) is 36.1 Å². The van der Waals surface area contributed by atoms with E-state index >= 15 is 0 Å².